The molecule has 1 unspecified atom stereocenters. The van der Waals surface area contributed by atoms with Gasteiger partial charge in [0.1, 0.15) is 5.76 Å². The summed E-state index contributed by atoms with van der Waals surface area (Å²) in [5, 5.41) is 0. The van der Waals surface area contributed by atoms with Crippen LogP contribution in [0.4, 0.5) is 0 Å². The van der Waals surface area contributed by atoms with Crippen molar-refractivity contribution < 1.29 is 18.7 Å². The number of hydrogen-bond acceptors (Lipinski definition) is 5. The van der Waals surface area contributed by atoms with Crippen molar-refractivity contribution in [3.63, 3.8) is 0 Å². The number of carbonyl (C=O) groups excluding carboxylic acids is 1. The van der Waals surface area contributed by atoms with Crippen molar-refractivity contribution in [2.24, 2.45) is 0 Å². The quantitative estimate of drug-likeness (QED) is 0.766. The molecule has 0 spiro atoms. The molecule has 2 heterocycles. The molecule has 100 valence electrons. The molecule has 0 N–H and O–H groups in total. The molecule has 0 aromatic carbocycles. The molecule has 1 aromatic rings. The van der Waals surface area contributed by atoms with Gasteiger partial charge in [0.25, 0.3) is 0 Å². The van der Waals surface area contributed by atoms with Crippen LogP contribution in [0.5, 0.6) is 0 Å². The first-order chi connectivity index (χ1) is 8.60. The van der Waals surface area contributed by atoms with E-state index in [1.165, 1.54) is 7.11 Å². The van der Waals surface area contributed by atoms with Crippen molar-refractivity contribution in [2.75, 3.05) is 26.8 Å². The van der Waals surface area contributed by atoms with E-state index in [0.717, 1.165) is 31.0 Å². The molecule has 0 aliphatic carbocycles. The van der Waals surface area contributed by atoms with E-state index in [4.69, 9.17) is 9.15 Å². The van der Waals surface area contributed by atoms with Crippen LogP contribution in [-0.4, -0.2) is 43.8 Å². The van der Waals surface area contributed by atoms with Gasteiger partial charge in [-0.2, -0.15) is 0 Å². The van der Waals surface area contributed by atoms with Crippen LogP contribution in [0, 0.1) is 6.92 Å². The number of methoxy groups -OCH3 is 1. The first kappa shape index (κ1) is 13.1. The van der Waals surface area contributed by atoms with Gasteiger partial charge in [0.05, 0.1) is 26.4 Å². The lowest BCUT2D eigenvalue weighted by Gasteiger charge is -2.30. The number of furan rings is 1. The number of carbonyl (C=O) groups is 1. The van der Waals surface area contributed by atoms with E-state index in [-0.39, 0.29) is 6.10 Å². The molecule has 0 bridgehead atoms. The first-order valence-corrected chi connectivity index (χ1v) is 6.11. The largest absolute Gasteiger partial charge is 0.463 e. The Morgan fingerprint density at radius 3 is 3.06 bits per heavy atom. The number of hydrogen-bond donors (Lipinski definition) is 0. The Labute approximate surface area is 107 Å². The third-order valence-electron chi connectivity index (χ3n) is 3.04. The number of ether oxygens (including phenoxy) is 2. The fourth-order valence-corrected chi connectivity index (χ4v) is 2.18. The van der Waals surface area contributed by atoms with Crippen LogP contribution in [0.1, 0.15) is 28.8 Å². The van der Waals surface area contributed by atoms with Crippen molar-refractivity contribution in [3.05, 3.63) is 23.2 Å². The lowest BCUT2D eigenvalue weighted by atomic mass is 10.2. The van der Waals surface area contributed by atoms with Gasteiger partial charge in [-0.25, -0.2) is 4.79 Å². The minimum absolute atomic E-state index is 0.245. The van der Waals surface area contributed by atoms with Crippen LogP contribution < -0.4 is 0 Å². The summed E-state index contributed by atoms with van der Waals surface area (Å²) in [5.74, 6) is 0.671. The maximum Gasteiger partial charge on any atom is 0.374 e. The van der Waals surface area contributed by atoms with E-state index in [2.05, 4.69) is 16.6 Å². The van der Waals surface area contributed by atoms with Gasteiger partial charge in [-0.1, -0.05) is 0 Å². The lowest BCUT2D eigenvalue weighted by molar-refractivity contribution is -0.0232. The van der Waals surface area contributed by atoms with E-state index in [0.29, 0.717) is 12.3 Å². The van der Waals surface area contributed by atoms with Gasteiger partial charge in [-0.15, -0.1) is 0 Å². The van der Waals surface area contributed by atoms with Crippen LogP contribution in [0.25, 0.3) is 0 Å². The van der Waals surface area contributed by atoms with Gasteiger partial charge in [-0.05, 0) is 19.9 Å². The number of aryl methyl sites for hydroxylation is 1. The molecule has 1 aliphatic rings. The number of morpholine rings is 1. The fraction of sp³-hybridized carbons (Fsp3) is 0.615. The van der Waals surface area contributed by atoms with E-state index in [1.54, 1.807) is 0 Å². The number of esters is 1. The molecule has 2 rings (SSSR count). The van der Waals surface area contributed by atoms with Crippen LogP contribution in [0.3, 0.4) is 0 Å². The summed E-state index contributed by atoms with van der Waals surface area (Å²) in [6, 6.07) is 1.90. The zero-order chi connectivity index (χ0) is 13.1. The second kappa shape index (κ2) is 5.54. The van der Waals surface area contributed by atoms with Crippen LogP contribution >= 0.6 is 0 Å². The highest BCUT2D eigenvalue weighted by atomic mass is 16.5. The van der Waals surface area contributed by atoms with E-state index in [1.807, 2.05) is 13.0 Å². The second-order valence-electron chi connectivity index (χ2n) is 4.63. The zero-order valence-electron chi connectivity index (χ0n) is 11.1. The molecule has 1 aromatic heterocycles. The molecule has 1 atom stereocenters. The lowest BCUT2D eigenvalue weighted by Crippen LogP contribution is -2.40. The molecule has 1 fully saturated rings. The average molecular weight is 253 g/mol. The Morgan fingerprint density at radius 1 is 1.61 bits per heavy atom. The van der Waals surface area contributed by atoms with Crippen molar-refractivity contribution in [1.82, 2.24) is 4.90 Å². The van der Waals surface area contributed by atoms with Crippen molar-refractivity contribution in [1.29, 1.82) is 0 Å². The molecule has 18 heavy (non-hydrogen) atoms. The highest BCUT2D eigenvalue weighted by Crippen LogP contribution is 2.18. The maximum atomic E-state index is 11.4. The molecule has 0 amide bonds. The highest BCUT2D eigenvalue weighted by molar-refractivity contribution is 5.87. The van der Waals surface area contributed by atoms with Gasteiger partial charge in [0, 0.05) is 18.7 Å². The van der Waals surface area contributed by atoms with Gasteiger partial charge < -0.3 is 13.9 Å². The molecule has 0 saturated carbocycles. The third kappa shape index (κ3) is 2.91. The molecule has 1 aliphatic heterocycles. The number of nitrogens with zero attached hydrogens (tertiary/aromatic N) is 1. The first-order valence-electron chi connectivity index (χ1n) is 6.11. The van der Waals surface area contributed by atoms with E-state index in [9.17, 15) is 4.79 Å². The van der Waals surface area contributed by atoms with E-state index < -0.39 is 5.97 Å². The Morgan fingerprint density at radius 2 is 2.39 bits per heavy atom. The summed E-state index contributed by atoms with van der Waals surface area (Å²) in [7, 11) is 1.35. The SMILES string of the molecule is COC(=O)c1oc(CN2CCOC(C)C2)cc1C. The van der Waals surface area contributed by atoms with Gasteiger partial charge in [-0.3, -0.25) is 4.90 Å². The van der Waals surface area contributed by atoms with Crippen molar-refractivity contribution in [3.8, 4) is 0 Å². The van der Waals surface area contributed by atoms with E-state index >= 15 is 0 Å². The molecule has 1 saturated heterocycles. The monoisotopic (exact) mass is 253 g/mol. The second-order valence-corrected chi connectivity index (χ2v) is 4.63. The third-order valence-corrected chi connectivity index (χ3v) is 3.04. The zero-order valence-corrected chi connectivity index (χ0v) is 11.1. The minimum Gasteiger partial charge on any atom is -0.463 e. The molecular weight excluding hydrogens is 234 g/mol. The molecule has 5 heteroatoms. The summed E-state index contributed by atoms with van der Waals surface area (Å²) in [5.41, 5.74) is 0.818. The summed E-state index contributed by atoms with van der Waals surface area (Å²) < 4.78 is 15.7. The Balaban J connectivity index is 2.03. The van der Waals surface area contributed by atoms with Gasteiger partial charge in [0.15, 0.2) is 0 Å². The predicted octanol–water partition coefficient (Wildman–Crippen LogP) is 1.60. The minimum atomic E-state index is -0.422. The van der Waals surface area contributed by atoms with Crippen LogP contribution in [-0.2, 0) is 16.0 Å². The smallest absolute Gasteiger partial charge is 0.374 e. The van der Waals surface area contributed by atoms with Crippen molar-refractivity contribution >= 4 is 5.97 Å². The predicted molar refractivity (Wildman–Crippen MR) is 65.5 cm³/mol. The Hall–Kier alpha value is -1.33. The van der Waals surface area contributed by atoms with Gasteiger partial charge in [0.2, 0.25) is 5.76 Å². The van der Waals surface area contributed by atoms with Crippen molar-refractivity contribution in [2.45, 2.75) is 26.5 Å². The standard InChI is InChI=1S/C13H19NO4/c1-9-6-11(18-12(9)13(15)16-3)8-14-4-5-17-10(2)7-14/h6,10H,4-5,7-8H2,1-3H3. The van der Waals surface area contributed by atoms with Gasteiger partial charge >= 0.3 is 5.97 Å². The Bertz CT molecular complexity index is 427. The normalized spacial score (nSPS) is 20.9. The summed E-state index contributed by atoms with van der Waals surface area (Å²) >= 11 is 0. The molecule has 5 nitrogen and oxygen atoms in total. The summed E-state index contributed by atoms with van der Waals surface area (Å²) in [4.78, 5) is 13.7. The number of rotatable bonds is 3. The topological polar surface area (TPSA) is 51.9 Å². The fourth-order valence-electron chi connectivity index (χ4n) is 2.18. The Kier molecular flexibility index (Phi) is 4.04. The summed E-state index contributed by atoms with van der Waals surface area (Å²) in [6.07, 6.45) is 0.245. The summed E-state index contributed by atoms with van der Waals surface area (Å²) in [6.45, 7) is 7.11. The maximum absolute atomic E-state index is 11.4. The molecule has 0 radical (unpaired) electrons. The highest BCUT2D eigenvalue weighted by Gasteiger charge is 2.20. The molecular formula is C13H19NO4. The van der Waals surface area contributed by atoms with Crippen LogP contribution in [0.15, 0.2) is 10.5 Å². The average Bonchev–Trinajstić information content (AvgIpc) is 2.69. The van der Waals surface area contributed by atoms with Crippen LogP contribution in [0.2, 0.25) is 0 Å².